The summed E-state index contributed by atoms with van der Waals surface area (Å²) in [5.74, 6) is 1.14. The highest BCUT2D eigenvalue weighted by Crippen LogP contribution is 2.36. The third-order valence-corrected chi connectivity index (χ3v) is 6.10. The molecule has 3 aromatic rings. The number of pyridine rings is 1. The molecule has 5 rings (SSSR count). The fraction of sp³-hybridized carbons (Fsp3) is 0.450. The smallest absolute Gasteiger partial charge is 0.262 e. The number of amides is 1. The maximum absolute atomic E-state index is 12.3. The first-order valence-corrected chi connectivity index (χ1v) is 10.0. The lowest BCUT2D eigenvalue weighted by Gasteiger charge is -2.32. The van der Waals surface area contributed by atoms with Gasteiger partial charge in [0.15, 0.2) is 11.6 Å². The number of carbonyl (C=O) groups excluding carboxylic acids is 1. The molecule has 3 N–H and O–H groups in total. The number of likely N-dealkylation sites (N-methyl/N-ethyl adjacent to an activating group) is 1. The van der Waals surface area contributed by atoms with Crippen LogP contribution in [0.4, 0.5) is 11.6 Å². The summed E-state index contributed by atoms with van der Waals surface area (Å²) in [5.41, 5.74) is 6.38. The molecule has 10 heteroatoms. The van der Waals surface area contributed by atoms with Crippen LogP contribution in [0.1, 0.15) is 36.6 Å². The van der Waals surface area contributed by atoms with Crippen LogP contribution in [0.25, 0.3) is 11.0 Å². The van der Waals surface area contributed by atoms with Gasteiger partial charge in [-0.3, -0.25) is 4.79 Å². The molecule has 0 saturated carbocycles. The molecule has 2 fully saturated rings. The highest BCUT2D eigenvalue weighted by Gasteiger charge is 2.48. The maximum atomic E-state index is 12.3. The van der Waals surface area contributed by atoms with Crippen molar-refractivity contribution in [3.63, 3.8) is 0 Å². The monoisotopic (exact) mass is 409 g/mol. The van der Waals surface area contributed by atoms with Crippen LogP contribution in [-0.2, 0) is 10.4 Å². The molecule has 2 aliphatic heterocycles. The highest BCUT2D eigenvalue weighted by atomic mass is 16.5. The van der Waals surface area contributed by atoms with Gasteiger partial charge in [0.2, 0.25) is 5.60 Å². The average Bonchev–Trinajstić information content (AvgIpc) is 3.37. The topological polar surface area (TPSA) is 134 Å². The zero-order valence-electron chi connectivity index (χ0n) is 16.7. The van der Waals surface area contributed by atoms with E-state index >= 15 is 0 Å². The summed E-state index contributed by atoms with van der Waals surface area (Å²) in [5, 5.41) is 15.0. The van der Waals surface area contributed by atoms with E-state index in [0.717, 1.165) is 30.9 Å². The van der Waals surface area contributed by atoms with Crippen molar-refractivity contribution in [1.29, 1.82) is 0 Å². The molecule has 0 bridgehead atoms. The lowest BCUT2D eigenvalue weighted by atomic mass is 9.92. The van der Waals surface area contributed by atoms with Crippen LogP contribution in [0.5, 0.6) is 0 Å². The van der Waals surface area contributed by atoms with Crippen LogP contribution in [0.15, 0.2) is 29.0 Å². The van der Waals surface area contributed by atoms with E-state index in [-0.39, 0.29) is 17.6 Å². The molecule has 156 valence electrons. The summed E-state index contributed by atoms with van der Waals surface area (Å²) in [6.45, 7) is 2.05. The lowest BCUT2D eigenvalue weighted by molar-refractivity contribution is -0.144. The summed E-state index contributed by atoms with van der Waals surface area (Å²) in [7, 11) is 1.67. The molecule has 5 heterocycles. The summed E-state index contributed by atoms with van der Waals surface area (Å²) >= 11 is 0. The van der Waals surface area contributed by atoms with Crippen molar-refractivity contribution in [3.8, 4) is 0 Å². The standard InChI is InChI=1S/C20H23N7O3/c1-26-8-6-20(29,19(26)28)15-9-14(25-30-15)12-3-2-7-27(10-12)16-5-4-13-17(24-16)18(21)23-11-22-13/h4-5,9,11-12,29H,2-3,6-8,10H2,1H3,(H2,21,22,23)/t12?,20-/m1/s1. The average molecular weight is 409 g/mol. The predicted octanol–water partition coefficient (Wildman–Crippen LogP) is 1.03. The lowest BCUT2D eigenvalue weighted by Crippen LogP contribution is -2.36. The summed E-state index contributed by atoms with van der Waals surface area (Å²) in [6, 6.07) is 5.55. The van der Waals surface area contributed by atoms with Crippen LogP contribution in [0, 0.1) is 0 Å². The first kappa shape index (κ1) is 18.7. The second-order valence-electron chi connectivity index (χ2n) is 8.03. The number of anilines is 2. The third-order valence-electron chi connectivity index (χ3n) is 6.10. The van der Waals surface area contributed by atoms with E-state index in [1.54, 1.807) is 13.1 Å². The zero-order valence-corrected chi connectivity index (χ0v) is 16.7. The molecule has 2 saturated heterocycles. The Labute approximate surface area is 172 Å². The first-order valence-electron chi connectivity index (χ1n) is 10.0. The minimum Gasteiger partial charge on any atom is -0.382 e. The predicted molar refractivity (Wildman–Crippen MR) is 109 cm³/mol. The summed E-state index contributed by atoms with van der Waals surface area (Å²) in [4.78, 5) is 28.9. The van der Waals surface area contributed by atoms with E-state index in [2.05, 4.69) is 25.0 Å². The molecule has 0 aromatic carbocycles. The second-order valence-corrected chi connectivity index (χ2v) is 8.03. The number of rotatable bonds is 3. The first-order chi connectivity index (χ1) is 14.5. The number of aliphatic hydroxyl groups is 1. The number of aromatic nitrogens is 4. The Hall–Kier alpha value is -3.27. The van der Waals surface area contributed by atoms with Crippen molar-refractivity contribution in [2.75, 3.05) is 37.3 Å². The summed E-state index contributed by atoms with van der Waals surface area (Å²) < 4.78 is 5.42. The highest BCUT2D eigenvalue weighted by molar-refractivity contribution is 5.87. The van der Waals surface area contributed by atoms with Crippen LogP contribution >= 0.6 is 0 Å². The van der Waals surface area contributed by atoms with Crippen molar-refractivity contribution in [1.82, 2.24) is 25.0 Å². The number of carbonyl (C=O) groups is 1. The normalized spacial score (nSPS) is 24.7. The van der Waals surface area contributed by atoms with Gasteiger partial charge in [-0.05, 0) is 25.0 Å². The number of hydrogen-bond acceptors (Lipinski definition) is 9. The number of fused-ring (bicyclic) bond motifs is 1. The Kier molecular flexibility index (Phi) is 4.31. The van der Waals surface area contributed by atoms with Gasteiger partial charge in [-0.1, -0.05) is 5.16 Å². The molecule has 30 heavy (non-hydrogen) atoms. The van der Waals surface area contributed by atoms with Gasteiger partial charge in [0.25, 0.3) is 5.91 Å². The van der Waals surface area contributed by atoms with Crippen molar-refractivity contribution >= 4 is 28.6 Å². The van der Waals surface area contributed by atoms with E-state index in [1.165, 1.54) is 11.2 Å². The van der Waals surface area contributed by atoms with Gasteiger partial charge in [-0.15, -0.1) is 0 Å². The molecular formula is C20H23N7O3. The molecule has 2 atom stereocenters. The van der Waals surface area contributed by atoms with Crippen molar-refractivity contribution in [3.05, 3.63) is 36.0 Å². The largest absolute Gasteiger partial charge is 0.382 e. The van der Waals surface area contributed by atoms with Crippen LogP contribution in [-0.4, -0.2) is 62.7 Å². The van der Waals surface area contributed by atoms with E-state index in [4.69, 9.17) is 10.3 Å². The van der Waals surface area contributed by atoms with Crippen molar-refractivity contribution < 1.29 is 14.4 Å². The number of nitrogen functional groups attached to an aromatic ring is 1. The van der Waals surface area contributed by atoms with E-state index in [1.807, 2.05) is 12.1 Å². The van der Waals surface area contributed by atoms with Crippen LogP contribution in [0.3, 0.4) is 0 Å². The summed E-state index contributed by atoms with van der Waals surface area (Å²) in [6.07, 6.45) is 3.63. The van der Waals surface area contributed by atoms with E-state index in [9.17, 15) is 9.90 Å². The number of likely N-dealkylation sites (tertiary alicyclic amines) is 1. The Bertz CT molecular complexity index is 1120. The number of hydrogen-bond donors (Lipinski definition) is 2. The third kappa shape index (κ3) is 2.95. The molecule has 1 amide bonds. The zero-order chi connectivity index (χ0) is 20.9. The minimum absolute atomic E-state index is 0.107. The molecule has 0 aliphatic carbocycles. The van der Waals surface area contributed by atoms with Crippen molar-refractivity contribution in [2.24, 2.45) is 0 Å². The number of piperidine rings is 1. The Balaban J connectivity index is 1.38. The van der Waals surface area contributed by atoms with Gasteiger partial charge >= 0.3 is 0 Å². The Morgan fingerprint density at radius 2 is 2.17 bits per heavy atom. The molecule has 2 aliphatic rings. The fourth-order valence-electron chi connectivity index (χ4n) is 4.31. The van der Waals surface area contributed by atoms with Crippen LogP contribution < -0.4 is 10.6 Å². The Morgan fingerprint density at radius 1 is 1.30 bits per heavy atom. The molecule has 0 spiro atoms. The quantitative estimate of drug-likeness (QED) is 0.650. The molecule has 1 unspecified atom stereocenters. The van der Waals surface area contributed by atoms with Gasteiger partial charge < -0.3 is 25.2 Å². The second kappa shape index (κ2) is 6.91. The molecule has 0 radical (unpaired) electrons. The van der Waals surface area contributed by atoms with Crippen molar-refractivity contribution in [2.45, 2.75) is 30.8 Å². The Morgan fingerprint density at radius 3 is 2.97 bits per heavy atom. The number of nitrogens with two attached hydrogens (primary N) is 1. The van der Waals surface area contributed by atoms with E-state index < -0.39 is 5.60 Å². The van der Waals surface area contributed by atoms with Crippen LogP contribution in [0.2, 0.25) is 0 Å². The molecule has 3 aromatic heterocycles. The molecular weight excluding hydrogens is 386 g/mol. The van der Waals surface area contributed by atoms with E-state index in [0.29, 0.717) is 36.4 Å². The van der Waals surface area contributed by atoms with Gasteiger partial charge in [0.1, 0.15) is 17.7 Å². The maximum Gasteiger partial charge on any atom is 0.262 e. The number of nitrogens with zero attached hydrogens (tertiary/aromatic N) is 6. The SMILES string of the molecule is CN1CC[C@@](O)(c2cc(C3CCCN(c4ccc5ncnc(N)c5n4)C3)no2)C1=O. The van der Waals surface area contributed by atoms with Gasteiger partial charge in [-0.2, -0.15) is 0 Å². The fourth-order valence-corrected chi connectivity index (χ4v) is 4.31. The molecule has 10 nitrogen and oxygen atoms in total. The van der Waals surface area contributed by atoms with Gasteiger partial charge in [0.05, 0.1) is 11.2 Å². The van der Waals surface area contributed by atoms with Gasteiger partial charge in [-0.25, -0.2) is 15.0 Å². The van der Waals surface area contributed by atoms with Gasteiger partial charge in [0, 0.05) is 45.1 Å². The minimum atomic E-state index is -1.62.